The van der Waals surface area contributed by atoms with E-state index in [0.29, 0.717) is 0 Å². The first-order valence-electron chi connectivity index (χ1n) is 3.73. The maximum absolute atomic E-state index is 4.24. The van der Waals surface area contributed by atoms with E-state index in [1.54, 1.807) is 0 Å². The zero-order valence-corrected chi connectivity index (χ0v) is 5.93. The number of hydrogen-bond acceptors (Lipinski definition) is 1. The molecule has 10 heavy (non-hydrogen) atoms. The molecule has 53 valence electrons. The molecule has 0 aromatic rings. The van der Waals surface area contributed by atoms with Gasteiger partial charge in [0.2, 0.25) is 0 Å². The predicted molar refractivity (Wildman–Crippen MR) is 40.4 cm³/mol. The van der Waals surface area contributed by atoms with E-state index < -0.39 is 0 Å². The fourth-order valence-corrected chi connectivity index (χ4v) is 1.38. The van der Waals surface area contributed by atoms with E-state index in [2.05, 4.69) is 22.8 Å². The molecule has 0 aromatic heterocycles. The minimum absolute atomic E-state index is 0.795. The van der Waals surface area contributed by atoms with Crippen LogP contribution < -0.4 is 10.6 Å². The minimum Gasteiger partial charge on any atom is -0.371 e. The van der Waals surface area contributed by atoms with Gasteiger partial charge in [-0.3, -0.25) is 0 Å². The molecule has 2 nitrogen and oxygen atoms in total. The zero-order chi connectivity index (χ0) is 6.81. The first-order valence-corrected chi connectivity index (χ1v) is 3.73. The Morgan fingerprint density at radius 2 is 2.20 bits per heavy atom. The Balaban J connectivity index is 2.19. The lowest BCUT2D eigenvalue weighted by atomic mass is 10.0. The number of hydrogen-bond donors (Lipinski definition) is 1. The van der Waals surface area contributed by atoms with Gasteiger partial charge in [0.05, 0.1) is 6.67 Å². The van der Waals surface area contributed by atoms with Crippen molar-refractivity contribution in [2.45, 2.75) is 12.8 Å². The molecule has 2 rings (SSSR count). The van der Waals surface area contributed by atoms with E-state index in [1.807, 2.05) is 0 Å². The van der Waals surface area contributed by atoms with Crippen LogP contribution in [0.4, 0.5) is 0 Å². The van der Waals surface area contributed by atoms with Crippen molar-refractivity contribution in [3.05, 3.63) is 23.4 Å². The van der Waals surface area contributed by atoms with Crippen molar-refractivity contribution in [1.82, 2.24) is 10.6 Å². The number of nitrogens with one attached hydrogen (secondary N) is 1. The number of fused-ring (bicyclic) bond motifs is 1. The monoisotopic (exact) mass is 135 g/mol. The van der Waals surface area contributed by atoms with Gasteiger partial charge in [0.1, 0.15) is 0 Å². The van der Waals surface area contributed by atoms with Gasteiger partial charge in [-0.2, -0.15) is 0 Å². The van der Waals surface area contributed by atoms with Crippen molar-refractivity contribution in [3.8, 4) is 0 Å². The van der Waals surface area contributed by atoms with Crippen molar-refractivity contribution in [2.24, 2.45) is 0 Å². The van der Waals surface area contributed by atoms with Gasteiger partial charge >= 0.3 is 0 Å². The molecule has 0 saturated carbocycles. The third kappa shape index (κ3) is 0.948. The van der Waals surface area contributed by atoms with Gasteiger partial charge in [-0.05, 0) is 18.4 Å². The molecular weight excluding hydrogens is 124 g/mol. The van der Waals surface area contributed by atoms with Gasteiger partial charge in [-0.1, -0.05) is 12.2 Å². The van der Waals surface area contributed by atoms with E-state index in [-0.39, 0.29) is 0 Å². The van der Waals surface area contributed by atoms with Crippen LogP contribution in [0.15, 0.2) is 23.4 Å². The highest BCUT2D eigenvalue weighted by Gasteiger charge is 2.11. The Morgan fingerprint density at radius 3 is 3.10 bits per heavy atom. The lowest BCUT2D eigenvalue weighted by molar-refractivity contribution is 0.600. The second-order valence-electron chi connectivity index (χ2n) is 2.64. The molecule has 0 atom stereocenters. The zero-order valence-electron chi connectivity index (χ0n) is 5.93. The molecule has 0 amide bonds. The topological polar surface area (TPSA) is 26.1 Å². The molecule has 1 heterocycles. The van der Waals surface area contributed by atoms with Crippen LogP contribution in [0.1, 0.15) is 12.8 Å². The fraction of sp³-hybridized carbons (Fsp3) is 0.500. The molecule has 0 aromatic carbocycles. The summed E-state index contributed by atoms with van der Waals surface area (Å²) in [6.07, 6.45) is 6.93. The second-order valence-corrected chi connectivity index (χ2v) is 2.64. The second kappa shape index (κ2) is 2.46. The van der Waals surface area contributed by atoms with Crippen LogP contribution in [0.3, 0.4) is 0 Å². The van der Waals surface area contributed by atoms with Crippen molar-refractivity contribution >= 4 is 0 Å². The summed E-state index contributed by atoms with van der Waals surface area (Å²) in [7, 11) is 0. The van der Waals surface area contributed by atoms with Crippen LogP contribution in [0.2, 0.25) is 0 Å². The van der Waals surface area contributed by atoms with E-state index >= 15 is 0 Å². The summed E-state index contributed by atoms with van der Waals surface area (Å²) in [6, 6.07) is 0. The Hall–Kier alpha value is -0.760. The number of allylic oxidation sites excluding steroid dienone is 2. The average Bonchev–Trinajstić information content (AvgIpc) is 2.05. The smallest absolute Gasteiger partial charge is 0.0818 e. The number of rotatable bonds is 0. The maximum atomic E-state index is 4.24. The SMILES string of the molecule is C1=C2C[N]CNC2=CCC1. The van der Waals surface area contributed by atoms with Gasteiger partial charge in [0.25, 0.3) is 0 Å². The van der Waals surface area contributed by atoms with Gasteiger partial charge in [-0.15, -0.1) is 0 Å². The van der Waals surface area contributed by atoms with Gasteiger partial charge in [0, 0.05) is 12.2 Å². The molecule has 1 radical (unpaired) electrons. The van der Waals surface area contributed by atoms with Crippen LogP contribution in [0, 0.1) is 0 Å². The van der Waals surface area contributed by atoms with Crippen LogP contribution in [0.25, 0.3) is 0 Å². The summed E-state index contributed by atoms with van der Waals surface area (Å²) in [5.74, 6) is 0. The van der Waals surface area contributed by atoms with Crippen LogP contribution >= 0.6 is 0 Å². The Kier molecular flexibility index (Phi) is 1.47. The quantitative estimate of drug-likeness (QED) is 0.521. The van der Waals surface area contributed by atoms with Crippen molar-refractivity contribution in [2.75, 3.05) is 13.2 Å². The van der Waals surface area contributed by atoms with Gasteiger partial charge < -0.3 is 5.32 Å². The highest BCUT2D eigenvalue weighted by Crippen LogP contribution is 2.17. The summed E-state index contributed by atoms with van der Waals surface area (Å²) in [4.78, 5) is 0. The molecule has 2 aliphatic rings. The van der Waals surface area contributed by atoms with Gasteiger partial charge in [-0.25, -0.2) is 5.32 Å². The van der Waals surface area contributed by atoms with Gasteiger partial charge in [0.15, 0.2) is 0 Å². The molecule has 0 bridgehead atoms. The largest absolute Gasteiger partial charge is 0.371 e. The van der Waals surface area contributed by atoms with E-state index in [9.17, 15) is 0 Å². The summed E-state index contributed by atoms with van der Waals surface area (Å²) in [5.41, 5.74) is 2.71. The van der Waals surface area contributed by atoms with Crippen LogP contribution in [-0.2, 0) is 0 Å². The van der Waals surface area contributed by atoms with Crippen molar-refractivity contribution in [3.63, 3.8) is 0 Å². The number of nitrogens with zero attached hydrogens (tertiary/aromatic N) is 1. The third-order valence-corrected chi connectivity index (χ3v) is 1.92. The summed E-state index contributed by atoms with van der Waals surface area (Å²) in [5, 5.41) is 7.49. The standard InChI is InChI=1S/C8H11N2/c1-2-4-8-7(3-1)5-9-6-10-8/h3-4,10H,1-2,5-6H2. The molecule has 1 fully saturated rings. The summed E-state index contributed by atoms with van der Waals surface area (Å²) >= 11 is 0. The molecule has 1 saturated heterocycles. The Morgan fingerprint density at radius 1 is 1.30 bits per heavy atom. The highest BCUT2D eigenvalue weighted by molar-refractivity contribution is 5.34. The molecule has 1 aliphatic carbocycles. The molecule has 2 heteroatoms. The Labute approximate surface area is 61.0 Å². The third-order valence-electron chi connectivity index (χ3n) is 1.92. The summed E-state index contributed by atoms with van der Waals surface area (Å²) in [6.45, 7) is 1.71. The van der Waals surface area contributed by atoms with E-state index in [0.717, 1.165) is 13.2 Å². The molecule has 1 N–H and O–H groups in total. The van der Waals surface area contributed by atoms with E-state index in [4.69, 9.17) is 0 Å². The predicted octanol–water partition coefficient (Wildman–Crippen LogP) is 0.756. The van der Waals surface area contributed by atoms with Crippen LogP contribution in [-0.4, -0.2) is 13.2 Å². The van der Waals surface area contributed by atoms with Crippen molar-refractivity contribution < 1.29 is 0 Å². The lowest BCUT2D eigenvalue weighted by Crippen LogP contribution is -2.33. The van der Waals surface area contributed by atoms with Crippen molar-refractivity contribution in [1.29, 1.82) is 0 Å². The molecule has 1 aliphatic heterocycles. The maximum Gasteiger partial charge on any atom is 0.0818 e. The van der Waals surface area contributed by atoms with E-state index in [1.165, 1.54) is 24.1 Å². The first kappa shape index (κ1) is 5.98. The Bertz CT molecular complexity index is 169. The molecular formula is C8H11N2. The normalized spacial score (nSPS) is 24.0. The lowest BCUT2D eigenvalue weighted by Gasteiger charge is -2.22. The average molecular weight is 135 g/mol. The van der Waals surface area contributed by atoms with Crippen LogP contribution in [0.5, 0.6) is 0 Å². The molecule has 0 spiro atoms. The molecule has 0 unspecified atom stereocenters. The minimum atomic E-state index is 0.795. The fourth-order valence-electron chi connectivity index (χ4n) is 1.38. The summed E-state index contributed by atoms with van der Waals surface area (Å²) < 4.78 is 0. The highest BCUT2D eigenvalue weighted by atomic mass is 15.1. The first-order chi connectivity index (χ1) is 4.97.